The van der Waals surface area contributed by atoms with Gasteiger partial charge in [-0.15, -0.1) is 0 Å². The van der Waals surface area contributed by atoms with Gasteiger partial charge in [-0.1, -0.05) is 17.7 Å². The summed E-state index contributed by atoms with van der Waals surface area (Å²) >= 11 is 5.87. The van der Waals surface area contributed by atoms with Crippen molar-refractivity contribution in [2.24, 2.45) is 0 Å². The number of aromatic nitrogens is 1. The zero-order valence-corrected chi connectivity index (χ0v) is 8.38. The second kappa shape index (κ2) is 3.35. The highest BCUT2D eigenvalue weighted by Gasteiger charge is 2.06. The summed E-state index contributed by atoms with van der Waals surface area (Å²) < 4.78 is 1.77. The van der Waals surface area contributed by atoms with Crippen molar-refractivity contribution >= 4 is 28.8 Å². The number of aldehydes is 1. The minimum atomic E-state index is 0.657. The van der Waals surface area contributed by atoms with Gasteiger partial charge in [0.15, 0.2) is 6.29 Å². The summed E-state index contributed by atoms with van der Waals surface area (Å²) in [5.41, 5.74) is 4.51. The fraction of sp³-hybridized carbons (Fsp3) is 0.100. The summed E-state index contributed by atoms with van der Waals surface area (Å²) in [6, 6.07) is 5.44. The van der Waals surface area contributed by atoms with Crippen molar-refractivity contribution < 1.29 is 4.79 Å². The first-order chi connectivity index (χ1) is 6.76. The Morgan fingerprint density at radius 1 is 1.50 bits per heavy atom. The van der Waals surface area contributed by atoms with Gasteiger partial charge in [-0.2, -0.15) is 0 Å². The maximum absolute atomic E-state index is 10.8. The molecule has 72 valence electrons. The van der Waals surface area contributed by atoms with E-state index in [-0.39, 0.29) is 0 Å². The Labute approximate surface area is 86.2 Å². The topological polar surface area (TPSA) is 34.0 Å². The Balaban J connectivity index is 2.82. The molecule has 3 nitrogen and oxygen atoms in total. The largest absolute Gasteiger partial charge is 0.329 e. The Bertz CT molecular complexity index is 490. The molecule has 0 aliphatic carbocycles. The molecule has 1 N–H and O–H groups in total. The predicted octanol–water partition coefficient (Wildman–Crippen LogP) is 2.28. The van der Waals surface area contributed by atoms with Gasteiger partial charge in [0.05, 0.1) is 5.52 Å². The number of carbonyl (C=O) groups is 1. The van der Waals surface area contributed by atoms with Gasteiger partial charge in [0.25, 0.3) is 0 Å². The minimum Gasteiger partial charge on any atom is -0.329 e. The molecule has 0 saturated heterocycles. The zero-order chi connectivity index (χ0) is 10.1. The van der Waals surface area contributed by atoms with Gasteiger partial charge < -0.3 is 5.43 Å². The van der Waals surface area contributed by atoms with E-state index in [0.29, 0.717) is 10.6 Å². The highest BCUT2D eigenvalue weighted by molar-refractivity contribution is 6.31. The summed E-state index contributed by atoms with van der Waals surface area (Å²) in [4.78, 5) is 10.8. The van der Waals surface area contributed by atoms with Crippen LogP contribution in [0.3, 0.4) is 0 Å². The smallest absolute Gasteiger partial charge is 0.152 e. The van der Waals surface area contributed by atoms with E-state index in [9.17, 15) is 4.79 Å². The van der Waals surface area contributed by atoms with Crippen molar-refractivity contribution in [1.82, 2.24) is 4.68 Å². The van der Waals surface area contributed by atoms with Crippen LogP contribution in [0.1, 0.15) is 10.4 Å². The van der Waals surface area contributed by atoms with E-state index in [1.807, 2.05) is 12.1 Å². The number of benzene rings is 1. The molecule has 0 atom stereocenters. The summed E-state index contributed by atoms with van der Waals surface area (Å²) in [7, 11) is 1.79. The lowest BCUT2D eigenvalue weighted by Gasteiger charge is -2.02. The van der Waals surface area contributed by atoms with Crippen molar-refractivity contribution in [2.75, 3.05) is 12.5 Å². The van der Waals surface area contributed by atoms with Gasteiger partial charge in [-0.3, -0.25) is 9.47 Å². The van der Waals surface area contributed by atoms with Crippen molar-refractivity contribution in [2.45, 2.75) is 0 Å². The molecule has 0 aliphatic heterocycles. The normalized spacial score (nSPS) is 10.4. The van der Waals surface area contributed by atoms with Gasteiger partial charge in [0.2, 0.25) is 0 Å². The molecule has 1 aromatic carbocycles. The van der Waals surface area contributed by atoms with Crippen LogP contribution in [0.5, 0.6) is 0 Å². The van der Waals surface area contributed by atoms with E-state index >= 15 is 0 Å². The highest BCUT2D eigenvalue weighted by Crippen LogP contribution is 2.22. The van der Waals surface area contributed by atoms with E-state index in [1.54, 1.807) is 24.0 Å². The fourth-order valence-corrected chi connectivity index (χ4v) is 1.67. The lowest BCUT2D eigenvalue weighted by atomic mass is 10.2. The summed E-state index contributed by atoms with van der Waals surface area (Å²) in [5, 5.41) is 1.56. The Morgan fingerprint density at radius 3 is 2.93 bits per heavy atom. The molecule has 1 heterocycles. The number of nitrogens with zero attached hydrogens (tertiary/aromatic N) is 1. The molecule has 2 aromatic rings. The van der Waals surface area contributed by atoms with Gasteiger partial charge in [0, 0.05) is 29.2 Å². The first-order valence-electron chi connectivity index (χ1n) is 4.20. The molecule has 0 saturated carbocycles. The average molecular weight is 209 g/mol. The molecule has 0 amide bonds. The number of carbonyl (C=O) groups excluding carboxylic acids is 1. The first kappa shape index (κ1) is 9.09. The maximum atomic E-state index is 10.8. The average Bonchev–Trinajstić information content (AvgIpc) is 2.55. The lowest BCUT2D eigenvalue weighted by Crippen LogP contribution is -2.06. The molecular formula is C10H9ClN2O. The lowest BCUT2D eigenvalue weighted by molar-refractivity contribution is 0.112. The van der Waals surface area contributed by atoms with Gasteiger partial charge >= 0.3 is 0 Å². The zero-order valence-electron chi connectivity index (χ0n) is 7.62. The molecular weight excluding hydrogens is 200 g/mol. The third kappa shape index (κ3) is 1.26. The molecule has 2 rings (SSSR count). The van der Waals surface area contributed by atoms with E-state index in [2.05, 4.69) is 5.43 Å². The Hall–Kier alpha value is -1.48. The van der Waals surface area contributed by atoms with Crippen molar-refractivity contribution in [3.8, 4) is 0 Å². The summed E-state index contributed by atoms with van der Waals surface area (Å²) in [6.07, 6.45) is 2.58. The predicted molar refractivity (Wildman–Crippen MR) is 57.6 cm³/mol. The molecule has 0 unspecified atom stereocenters. The third-order valence-corrected chi connectivity index (χ3v) is 2.40. The third-order valence-electron chi connectivity index (χ3n) is 2.17. The van der Waals surface area contributed by atoms with Crippen LogP contribution in [0.4, 0.5) is 0 Å². The van der Waals surface area contributed by atoms with E-state index in [0.717, 1.165) is 17.2 Å². The SMILES string of the molecule is CNn1cc(C=O)c2ccc(Cl)cc21. The number of halogens is 1. The van der Waals surface area contributed by atoms with Gasteiger partial charge in [0.1, 0.15) is 0 Å². The van der Waals surface area contributed by atoms with E-state index in [1.165, 1.54) is 0 Å². The number of fused-ring (bicyclic) bond motifs is 1. The quantitative estimate of drug-likeness (QED) is 0.769. The standard InChI is InChI=1S/C10H9ClN2O/c1-12-13-5-7(6-14)9-3-2-8(11)4-10(9)13/h2-6,12H,1H3. The summed E-state index contributed by atoms with van der Waals surface area (Å²) in [5.74, 6) is 0. The molecule has 0 bridgehead atoms. The molecule has 0 fully saturated rings. The second-order valence-corrected chi connectivity index (χ2v) is 3.39. The van der Waals surface area contributed by atoms with Crippen molar-refractivity contribution in [1.29, 1.82) is 0 Å². The van der Waals surface area contributed by atoms with Crippen molar-refractivity contribution in [3.63, 3.8) is 0 Å². The monoisotopic (exact) mass is 208 g/mol. The molecule has 4 heteroatoms. The minimum absolute atomic E-state index is 0.657. The number of hydrogen-bond donors (Lipinski definition) is 1. The molecule has 1 aromatic heterocycles. The first-order valence-corrected chi connectivity index (χ1v) is 4.57. The van der Waals surface area contributed by atoms with Crippen LogP contribution in [-0.2, 0) is 0 Å². The van der Waals surface area contributed by atoms with Gasteiger partial charge in [-0.25, -0.2) is 0 Å². The number of rotatable bonds is 2. The van der Waals surface area contributed by atoms with E-state index in [4.69, 9.17) is 11.6 Å². The number of hydrogen-bond acceptors (Lipinski definition) is 2. The van der Waals surface area contributed by atoms with Crippen LogP contribution >= 0.6 is 11.6 Å². The Kier molecular flexibility index (Phi) is 2.17. The van der Waals surface area contributed by atoms with Crippen LogP contribution in [-0.4, -0.2) is 18.0 Å². The fourth-order valence-electron chi connectivity index (χ4n) is 1.51. The molecule has 0 radical (unpaired) electrons. The summed E-state index contributed by atoms with van der Waals surface area (Å²) in [6.45, 7) is 0. The van der Waals surface area contributed by atoms with E-state index < -0.39 is 0 Å². The molecule has 14 heavy (non-hydrogen) atoms. The molecule has 0 aliphatic rings. The highest BCUT2D eigenvalue weighted by atomic mass is 35.5. The van der Waals surface area contributed by atoms with Crippen LogP contribution in [0.2, 0.25) is 5.02 Å². The van der Waals surface area contributed by atoms with Crippen molar-refractivity contribution in [3.05, 3.63) is 35.0 Å². The van der Waals surface area contributed by atoms with Crippen LogP contribution in [0.25, 0.3) is 10.9 Å². The second-order valence-electron chi connectivity index (χ2n) is 2.96. The molecule has 0 spiro atoms. The van der Waals surface area contributed by atoms with Crippen LogP contribution < -0.4 is 5.43 Å². The van der Waals surface area contributed by atoms with Gasteiger partial charge in [-0.05, 0) is 12.1 Å². The number of nitrogens with one attached hydrogen (secondary N) is 1. The van der Waals surface area contributed by atoms with Crippen LogP contribution in [0, 0.1) is 0 Å². The Morgan fingerprint density at radius 2 is 2.29 bits per heavy atom. The maximum Gasteiger partial charge on any atom is 0.152 e. The van der Waals surface area contributed by atoms with Crippen LogP contribution in [0.15, 0.2) is 24.4 Å².